The normalized spacial score (nSPS) is 24.3. The number of likely N-dealkylation sites (tertiary alicyclic amines) is 1. The molecule has 1 aromatic carbocycles. The van der Waals surface area contributed by atoms with Crippen molar-refractivity contribution in [3.8, 4) is 0 Å². The molecular formula is C19H22N2O2. The lowest BCUT2D eigenvalue weighted by Gasteiger charge is -2.27. The smallest absolute Gasteiger partial charge is 0.257 e. The molecule has 0 saturated carbocycles. The van der Waals surface area contributed by atoms with Gasteiger partial charge in [-0.05, 0) is 43.4 Å². The highest BCUT2D eigenvalue weighted by Gasteiger charge is 2.38. The number of furan rings is 1. The summed E-state index contributed by atoms with van der Waals surface area (Å²) >= 11 is 0. The van der Waals surface area contributed by atoms with Gasteiger partial charge in [0, 0.05) is 31.4 Å². The van der Waals surface area contributed by atoms with Crippen molar-refractivity contribution in [2.75, 3.05) is 24.5 Å². The summed E-state index contributed by atoms with van der Waals surface area (Å²) in [7, 11) is 0. The van der Waals surface area contributed by atoms with Crippen molar-refractivity contribution in [1.29, 1.82) is 0 Å². The molecule has 1 aromatic heterocycles. The third-order valence-corrected chi connectivity index (χ3v) is 5.30. The maximum atomic E-state index is 12.7. The van der Waals surface area contributed by atoms with Crippen molar-refractivity contribution in [1.82, 2.24) is 4.90 Å². The van der Waals surface area contributed by atoms with E-state index >= 15 is 0 Å². The molecule has 3 heterocycles. The second kappa shape index (κ2) is 6.11. The van der Waals surface area contributed by atoms with Gasteiger partial charge in [-0.25, -0.2) is 0 Å². The van der Waals surface area contributed by atoms with Crippen LogP contribution in [0.3, 0.4) is 0 Å². The van der Waals surface area contributed by atoms with Gasteiger partial charge in [0.2, 0.25) is 0 Å². The lowest BCUT2D eigenvalue weighted by atomic mass is 9.95. The van der Waals surface area contributed by atoms with Crippen molar-refractivity contribution in [3.63, 3.8) is 0 Å². The van der Waals surface area contributed by atoms with Gasteiger partial charge in [-0.1, -0.05) is 18.2 Å². The van der Waals surface area contributed by atoms with E-state index in [1.165, 1.54) is 5.69 Å². The van der Waals surface area contributed by atoms with Crippen LogP contribution in [0.4, 0.5) is 5.69 Å². The molecule has 2 saturated heterocycles. The minimum absolute atomic E-state index is 0.124. The van der Waals surface area contributed by atoms with Crippen LogP contribution >= 0.6 is 0 Å². The first-order valence-corrected chi connectivity index (χ1v) is 8.46. The molecule has 4 heteroatoms. The van der Waals surface area contributed by atoms with Gasteiger partial charge in [0.15, 0.2) is 0 Å². The Morgan fingerprint density at radius 2 is 1.78 bits per heavy atom. The lowest BCUT2D eigenvalue weighted by molar-refractivity contribution is 0.0714. The Hall–Kier alpha value is -2.23. The quantitative estimate of drug-likeness (QED) is 0.853. The third kappa shape index (κ3) is 2.74. The first-order valence-electron chi connectivity index (χ1n) is 8.46. The summed E-state index contributed by atoms with van der Waals surface area (Å²) in [6.07, 6.45) is 6.46. The van der Waals surface area contributed by atoms with Gasteiger partial charge < -0.3 is 14.2 Å². The molecule has 120 valence electrons. The van der Waals surface area contributed by atoms with Crippen LogP contribution in [-0.4, -0.2) is 36.5 Å². The number of hydrogen-bond acceptors (Lipinski definition) is 3. The SMILES string of the molecule is O=C(c1ccoc1)N1CC[C@@H]2CCN(c3ccccc3)CC[C@H]21. The summed E-state index contributed by atoms with van der Waals surface area (Å²) in [6, 6.07) is 12.7. The molecular weight excluding hydrogens is 288 g/mol. The van der Waals surface area contributed by atoms with Crippen LogP contribution in [0.25, 0.3) is 0 Å². The number of benzene rings is 1. The van der Waals surface area contributed by atoms with Crippen LogP contribution in [0.1, 0.15) is 29.6 Å². The molecule has 23 heavy (non-hydrogen) atoms. The van der Waals surface area contributed by atoms with Crippen LogP contribution in [0, 0.1) is 5.92 Å². The molecule has 2 atom stereocenters. The number of rotatable bonds is 2. The van der Waals surface area contributed by atoms with Crippen LogP contribution in [0.5, 0.6) is 0 Å². The number of fused-ring (bicyclic) bond motifs is 1. The van der Waals surface area contributed by atoms with Gasteiger partial charge in [0.1, 0.15) is 6.26 Å². The summed E-state index contributed by atoms with van der Waals surface area (Å²) in [4.78, 5) is 17.2. The van der Waals surface area contributed by atoms with Crippen LogP contribution in [-0.2, 0) is 0 Å². The van der Waals surface area contributed by atoms with Gasteiger partial charge in [0.05, 0.1) is 11.8 Å². The molecule has 0 radical (unpaired) electrons. The highest BCUT2D eigenvalue weighted by Crippen LogP contribution is 2.34. The lowest BCUT2D eigenvalue weighted by Crippen LogP contribution is -2.38. The number of amides is 1. The zero-order valence-corrected chi connectivity index (χ0v) is 13.2. The maximum absolute atomic E-state index is 12.7. The Balaban J connectivity index is 1.49. The van der Waals surface area contributed by atoms with Gasteiger partial charge >= 0.3 is 0 Å². The van der Waals surface area contributed by atoms with E-state index in [4.69, 9.17) is 4.42 Å². The van der Waals surface area contributed by atoms with Crippen LogP contribution < -0.4 is 4.90 Å². The predicted molar refractivity (Wildman–Crippen MR) is 89.5 cm³/mol. The summed E-state index contributed by atoms with van der Waals surface area (Å²) in [5.74, 6) is 0.749. The van der Waals surface area contributed by atoms with Crippen molar-refractivity contribution < 1.29 is 9.21 Å². The fourth-order valence-electron chi connectivity index (χ4n) is 4.07. The Labute approximate surface area is 136 Å². The van der Waals surface area contributed by atoms with E-state index in [-0.39, 0.29) is 5.91 Å². The fraction of sp³-hybridized carbons (Fsp3) is 0.421. The Morgan fingerprint density at radius 3 is 2.57 bits per heavy atom. The highest BCUT2D eigenvalue weighted by molar-refractivity contribution is 5.94. The van der Waals surface area contributed by atoms with E-state index in [2.05, 4.69) is 40.1 Å². The van der Waals surface area contributed by atoms with Gasteiger partial charge in [-0.15, -0.1) is 0 Å². The van der Waals surface area contributed by atoms with Crippen LogP contribution in [0.15, 0.2) is 53.3 Å². The van der Waals surface area contributed by atoms with E-state index < -0.39 is 0 Å². The van der Waals surface area contributed by atoms with Crippen molar-refractivity contribution in [2.24, 2.45) is 5.92 Å². The molecule has 4 nitrogen and oxygen atoms in total. The number of anilines is 1. The van der Waals surface area contributed by atoms with Crippen molar-refractivity contribution in [2.45, 2.75) is 25.3 Å². The molecule has 2 aromatic rings. The summed E-state index contributed by atoms with van der Waals surface area (Å²) < 4.78 is 5.08. The summed E-state index contributed by atoms with van der Waals surface area (Å²) in [5, 5.41) is 0. The molecule has 1 amide bonds. The van der Waals surface area contributed by atoms with Gasteiger partial charge in [0.25, 0.3) is 5.91 Å². The number of carbonyl (C=O) groups excluding carboxylic acids is 1. The summed E-state index contributed by atoms with van der Waals surface area (Å²) in [6.45, 7) is 2.98. The first kappa shape index (κ1) is 14.4. The van der Waals surface area contributed by atoms with E-state index in [0.29, 0.717) is 17.5 Å². The average Bonchev–Trinajstić information content (AvgIpc) is 3.22. The van der Waals surface area contributed by atoms with Crippen molar-refractivity contribution in [3.05, 3.63) is 54.5 Å². The van der Waals surface area contributed by atoms with Crippen LogP contribution in [0.2, 0.25) is 0 Å². The number of nitrogens with zero attached hydrogens (tertiary/aromatic N) is 2. The average molecular weight is 310 g/mol. The summed E-state index contributed by atoms with van der Waals surface area (Å²) in [5.41, 5.74) is 1.97. The topological polar surface area (TPSA) is 36.7 Å². The molecule has 2 fully saturated rings. The second-order valence-corrected chi connectivity index (χ2v) is 6.53. The monoisotopic (exact) mass is 310 g/mol. The predicted octanol–water partition coefficient (Wildman–Crippen LogP) is 3.41. The maximum Gasteiger partial charge on any atom is 0.257 e. The molecule has 2 aliphatic rings. The zero-order chi connectivity index (χ0) is 15.6. The fourth-order valence-corrected chi connectivity index (χ4v) is 4.07. The van der Waals surface area contributed by atoms with E-state index in [1.54, 1.807) is 18.6 Å². The highest BCUT2D eigenvalue weighted by atomic mass is 16.3. The van der Waals surface area contributed by atoms with E-state index in [1.807, 2.05) is 0 Å². The van der Waals surface area contributed by atoms with Gasteiger partial charge in [-0.2, -0.15) is 0 Å². The minimum atomic E-state index is 0.124. The van der Waals surface area contributed by atoms with E-state index in [9.17, 15) is 4.79 Å². The zero-order valence-electron chi connectivity index (χ0n) is 13.2. The molecule has 2 aliphatic heterocycles. The Morgan fingerprint density at radius 1 is 1.00 bits per heavy atom. The molecule has 0 bridgehead atoms. The number of hydrogen-bond donors (Lipinski definition) is 0. The standard InChI is InChI=1S/C19H22N2O2/c22-19(16-9-13-23-14-16)21-12-7-15-6-10-20(11-8-18(15)21)17-4-2-1-3-5-17/h1-5,9,13-15,18H,6-8,10-12H2/t15-,18+/m0/s1. The molecule has 0 unspecified atom stereocenters. The number of carbonyl (C=O) groups is 1. The van der Waals surface area contributed by atoms with Crippen molar-refractivity contribution >= 4 is 11.6 Å². The number of para-hydroxylation sites is 1. The third-order valence-electron chi connectivity index (χ3n) is 5.30. The minimum Gasteiger partial charge on any atom is -0.472 e. The largest absolute Gasteiger partial charge is 0.472 e. The first-order chi connectivity index (χ1) is 11.3. The molecule has 0 spiro atoms. The Bertz CT molecular complexity index is 653. The Kier molecular flexibility index (Phi) is 3.82. The molecule has 0 N–H and O–H groups in total. The van der Waals surface area contributed by atoms with E-state index in [0.717, 1.165) is 38.9 Å². The molecule has 4 rings (SSSR count). The van der Waals surface area contributed by atoms with Gasteiger partial charge in [-0.3, -0.25) is 4.79 Å². The second-order valence-electron chi connectivity index (χ2n) is 6.53. The molecule has 0 aliphatic carbocycles.